The fourth-order valence-electron chi connectivity index (χ4n) is 2.65. The van der Waals surface area contributed by atoms with E-state index in [1.54, 1.807) is 18.4 Å². The Labute approximate surface area is 139 Å². The number of amides is 1. The number of ether oxygens (including phenoxy) is 1. The summed E-state index contributed by atoms with van der Waals surface area (Å²) in [5, 5.41) is 2.91. The van der Waals surface area contributed by atoms with Crippen molar-refractivity contribution in [1.29, 1.82) is 0 Å². The Balaban J connectivity index is 1.95. The van der Waals surface area contributed by atoms with Crippen LogP contribution in [0.15, 0.2) is 42.5 Å². The van der Waals surface area contributed by atoms with E-state index in [-0.39, 0.29) is 5.91 Å². The van der Waals surface area contributed by atoms with Crippen molar-refractivity contribution in [1.82, 2.24) is 9.88 Å². The first-order valence-electron chi connectivity index (χ1n) is 7.60. The van der Waals surface area contributed by atoms with E-state index in [9.17, 15) is 4.79 Å². The van der Waals surface area contributed by atoms with Crippen LogP contribution < -0.4 is 5.32 Å². The van der Waals surface area contributed by atoms with Crippen LogP contribution in [0.1, 0.15) is 20.9 Å². The molecule has 0 aliphatic heterocycles. The standard InChI is InChI=1S/C18H20N2O2S/c1-13-10-15-17(23-13)11-16(18(21)19-8-9-22-2)20(15)12-14-6-4-3-5-7-14/h3-7,10-11H,8-9,12H2,1-2H3,(H,19,21). The average Bonchev–Trinajstić information content (AvgIpc) is 3.06. The van der Waals surface area contributed by atoms with Crippen molar-refractivity contribution in [2.45, 2.75) is 13.5 Å². The van der Waals surface area contributed by atoms with Gasteiger partial charge in [0.2, 0.25) is 0 Å². The second kappa shape index (κ2) is 6.98. The number of fused-ring (bicyclic) bond motifs is 1. The summed E-state index contributed by atoms with van der Waals surface area (Å²) in [6, 6.07) is 14.3. The van der Waals surface area contributed by atoms with Gasteiger partial charge in [0.1, 0.15) is 5.69 Å². The number of methoxy groups -OCH3 is 1. The zero-order valence-corrected chi connectivity index (χ0v) is 14.2. The Kier molecular flexibility index (Phi) is 4.79. The quantitative estimate of drug-likeness (QED) is 0.705. The second-order valence-electron chi connectivity index (χ2n) is 5.46. The molecule has 0 spiro atoms. The monoisotopic (exact) mass is 328 g/mol. The summed E-state index contributed by atoms with van der Waals surface area (Å²) < 4.78 is 8.24. The van der Waals surface area contributed by atoms with E-state index in [1.807, 2.05) is 24.3 Å². The van der Waals surface area contributed by atoms with E-state index >= 15 is 0 Å². The molecule has 1 N–H and O–H groups in total. The third-order valence-corrected chi connectivity index (χ3v) is 4.71. The van der Waals surface area contributed by atoms with E-state index in [1.165, 1.54) is 10.4 Å². The maximum Gasteiger partial charge on any atom is 0.268 e. The van der Waals surface area contributed by atoms with Crippen LogP contribution in [0.4, 0.5) is 0 Å². The van der Waals surface area contributed by atoms with Gasteiger partial charge in [-0.3, -0.25) is 4.79 Å². The van der Waals surface area contributed by atoms with Crippen LogP contribution in [0.5, 0.6) is 0 Å². The van der Waals surface area contributed by atoms with Crippen LogP contribution in [-0.4, -0.2) is 30.7 Å². The molecule has 0 saturated carbocycles. The minimum atomic E-state index is -0.0564. The van der Waals surface area contributed by atoms with Crippen molar-refractivity contribution in [3.63, 3.8) is 0 Å². The number of rotatable bonds is 6. The van der Waals surface area contributed by atoms with Crippen molar-refractivity contribution in [2.24, 2.45) is 0 Å². The zero-order valence-electron chi connectivity index (χ0n) is 13.3. The van der Waals surface area contributed by atoms with E-state index in [2.05, 4.69) is 35.0 Å². The average molecular weight is 328 g/mol. The van der Waals surface area contributed by atoms with Gasteiger partial charge in [0.05, 0.1) is 16.8 Å². The number of benzene rings is 1. The van der Waals surface area contributed by atoms with Crippen LogP contribution in [0.25, 0.3) is 10.2 Å². The molecule has 5 heteroatoms. The van der Waals surface area contributed by atoms with Crippen LogP contribution in [0.3, 0.4) is 0 Å². The maximum absolute atomic E-state index is 12.5. The Hall–Kier alpha value is -2.11. The minimum Gasteiger partial charge on any atom is -0.383 e. The Morgan fingerprint density at radius 1 is 1.26 bits per heavy atom. The minimum absolute atomic E-state index is 0.0564. The number of nitrogens with one attached hydrogen (secondary N) is 1. The molecule has 0 radical (unpaired) electrons. The number of aromatic nitrogens is 1. The summed E-state index contributed by atoms with van der Waals surface area (Å²) in [6.07, 6.45) is 0. The van der Waals surface area contributed by atoms with E-state index in [4.69, 9.17) is 4.74 Å². The first-order valence-corrected chi connectivity index (χ1v) is 8.41. The lowest BCUT2D eigenvalue weighted by Gasteiger charge is -2.11. The van der Waals surface area contributed by atoms with E-state index < -0.39 is 0 Å². The molecule has 0 atom stereocenters. The summed E-state index contributed by atoms with van der Waals surface area (Å²) in [7, 11) is 1.63. The van der Waals surface area contributed by atoms with Crippen molar-refractivity contribution in [2.75, 3.05) is 20.3 Å². The molecule has 2 aromatic heterocycles. The first-order chi connectivity index (χ1) is 11.2. The molecule has 120 valence electrons. The molecule has 0 saturated heterocycles. The number of carbonyl (C=O) groups excluding carboxylic acids is 1. The van der Waals surface area contributed by atoms with E-state index in [0.717, 1.165) is 10.2 Å². The number of nitrogens with zero attached hydrogens (tertiary/aromatic N) is 1. The van der Waals surface area contributed by atoms with Gasteiger partial charge < -0.3 is 14.6 Å². The first kappa shape index (κ1) is 15.8. The van der Waals surface area contributed by atoms with Crippen LogP contribution in [0, 0.1) is 6.92 Å². The Bertz CT molecular complexity index is 805. The highest BCUT2D eigenvalue weighted by molar-refractivity contribution is 7.19. The van der Waals surface area contributed by atoms with Gasteiger partial charge in [0, 0.05) is 25.1 Å². The van der Waals surface area contributed by atoms with Crippen LogP contribution in [0.2, 0.25) is 0 Å². The van der Waals surface area contributed by atoms with Gasteiger partial charge in [-0.2, -0.15) is 0 Å². The highest BCUT2D eigenvalue weighted by Gasteiger charge is 2.17. The Morgan fingerprint density at radius 3 is 2.78 bits per heavy atom. The van der Waals surface area contributed by atoms with Crippen molar-refractivity contribution in [3.8, 4) is 0 Å². The highest BCUT2D eigenvalue weighted by Crippen LogP contribution is 2.29. The molecule has 1 amide bonds. The third-order valence-electron chi connectivity index (χ3n) is 3.72. The predicted molar refractivity (Wildman–Crippen MR) is 94.3 cm³/mol. The molecule has 3 rings (SSSR count). The lowest BCUT2D eigenvalue weighted by Crippen LogP contribution is -2.29. The molecule has 3 aromatic rings. The fourth-order valence-corrected chi connectivity index (χ4v) is 3.61. The van der Waals surface area contributed by atoms with Crippen LogP contribution >= 0.6 is 11.3 Å². The lowest BCUT2D eigenvalue weighted by molar-refractivity contribution is 0.0928. The largest absolute Gasteiger partial charge is 0.383 e. The molecular weight excluding hydrogens is 308 g/mol. The summed E-state index contributed by atoms with van der Waals surface area (Å²) in [5.41, 5.74) is 3.00. The van der Waals surface area contributed by atoms with Crippen molar-refractivity contribution in [3.05, 3.63) is 58.6 Å². The zero-order chi connectivity index (χ0) is 16.2. The van der Waals surface area contributed by atoms with Gasteiger partial charge in [-0.1, -0.05) is 30.3 Å². The summed E-state index contributed by atoms with van der Waals surface area (Å²) in [6.45, 7) is 3.81. The molecule has 1 aromatic carbocycles. The van der Waals surface area contributed by atoms with Gasteiger partial charge in [0.25, 0.3) is 5.91 Å². The number of hydrogen-bond donors (Lipinski definition) is 1. The third kappa shape index (κ3) is 3.46. The topological polar surface area (TPSA) is 43.3 Å². The number of carbonyl (C=O) groups is 1. The SMILES string of the molecule is COCCNC(=O)c1cc2sc(C)cc2n1Cc1ccccc1. The molecule has 23 heavy (non-hydrogen) atoms. The molecule has 0 bridgehead atoms. The van der Waals surface area contributed by atoms with Gasteiger partial charge in [-0.15, -0.1) is 11.3 Å². The number of hydrogen-bond acceptors (Lipinski definition) is 3. The molecule has 0 fully saturated rings. The van der Waals surface area contributed by atoms with E-state index in [0.29, 0.717) is 25.4 Å². The molecule has 0 unspecified atom stereocenters. The highest BCUT2D eigenvalue weighted by atomic mass is 32.1. The molecular formula is C18H20N2O2S. The normalized spacial score (nSPS) is 11.0. The summed E-state index contributed by atoms with van der Waals surface area (Å²) >= 11 is 1.72. The Morgan fingerprint density at radius 2 is 2.04 bits per heavy atom. The summed E-state index contributed by atoms with van der Waals surface area (Å²) in [4.78, 5) is 13.8. The molecule has 0 aliphatic rings. The molecule has 4 nitrogen and oxygen atoms in total. The molecule has 2 heterocycles. The van der Waals surface area contributed by atoms with Gasteiger partial charge in [-0.25, -0.2) is 0 Å². The van der Waals surface area contributed by atoms with Crippen molar-refractivity contribution < 1.29 is 9.53 Å². The van der Waals surface area contributed by atoms with Gasteiger partial charge >= 0.3 is 0 Å². The summed E-state index contributed by atoms with van der Waals surface area (Å²) in [5.74, 6) is -0.0564. The van der Waals surface area contributed by atoms with Crippen molar-refractivity contribution >= 4 is 27.5 Å². The second-order valence-corrected chi connectivity index (χ2v) is 6.74. The molecule has 0 aliphatic carbocycles. The van der Waals surface area contributed by atoms with Gasteiger partial charge in [0.15, 0.2) is 0 Å². The predicted octanol–water partition coefficient (Wildman–Crippen LogP) is 3.44. The number of aryl methyl sites for hydroxylation is 1. The fraction of sp³-hybridized carbons (Fsp3) is 0.278. The maximum atomic E-state index is 12.5. The number of thiophene rings is 1. The van der Waals surface area contributed by atoms with Gasteiger partial charge in [-0.05, 0) is 24.6 Å². The lowest BCUT2D eigenvalue weighted by atomic mass is 10.2. The smallest absolute Gasteiger partial charge is 0.268 e. The van der Waals surface area contributed by atoms with Crippen LogP contribution in [-0.2, 0) is 11.3 Å².